The van der Waals surface area contributed by atoms with Gasteiger partial charge in [-0.15, -0.1) is 0 Å². The lowest BCUT2D eigenvalue weighted by molar-refractivity contribution is 0.365. The van der Waals surface area contributed by atoms with Crippen LogP contribution in [0.4, 0.5) is 0 Å². The zero-order valence-electron chi connectivity index (χ0n) is 9.21. The van der Waals surface area contributed by atoms with Crippen molar-refractivity contribution in [1.82, 2.24) is 0 Å². The number of unbranched alkanes of at least 4 members (excludes halogenated alkanes) is 4. The third-order valence-electron chi connectivity index (χ3n) is 2.41. The Bertz CT molecular complexity index is 153. The highest BCUT2D eigenvalue weighted by Crippen LogP contribution is 2.07. The van der Waals surface area contributed by atoms with Crippen LogP contribution in [0.25, 0.3) is 0 Å². The van der Waals surface area contributed by atoms with Crippen LogP contribution in [0.3, 0.4) is 0 Å². The summed E-state index contributed by atoms with van der Waals surface area (Å²) < 4.78 is 10.6. The molecule has 0 aromatic rings. The van der Waals surface area contributed by atoms with Gasteiger partial charge in [0, 0.05) is 6.32 Å². The minimum atomic E-state index is 0.0295. The highest BCUT2D eigenvalue weighted by Gasteiger charge is 2.20. The van der Waals surface area contributed by atoms with Crippen LogP contribution < -0.4 is 0 Å². The maximum Gasteiger partial charge on any atom is 0.461 e. The number of hydrogen-bond donors (Lipinski definition) is 0. The quantitative estimate of drug-likeness (QED) is 0.354. The van der Waals surface area contributed by atoms with E-state index in [9.17, 15) is 0 Å². The summed E-state index contributed by atoms with van der Waals surface area (Å²) >= 11 is 0. The number of rotatable bonds is 7. The monoisotopic (exact) mass is 196 g/mol. The van der Waals surface area contributed by atoms with E-state index in [-0.39, 0.29) is 7.12 Å². The fourth-order valence-corrected chi connectivity index (χ4v) is 1.56. The Balaban J connectivity index is 1.87. The smallest absolute Gasteiger partial charge is 0.409 e. The Morgan fingerprint density at radius 1 is 1.07 bits per heavy atom. The van der Waals surface area contributed by atoms with E-state index >= 15 is 0 Å². The van der Waals surface area contributed by atoms with Crippen molar-refractivity contribution in [3.05, 3.63) is 12.2 Å². The van der Waals surface area contributed by atoms with E-state index in [1.54, 1.807) is 0 Å². The summed E-state index contributed by atoms with van der Waals surface area (Å²) in [5, 5.41) is 0. The molecule has 1 aliphatic rings. The van der Waals surface area contributed by atoms with Gasteiger partial charge in [-0.05, 0) is 12.8 Å². The molecule has 0 aliphatic carbocycles. The lowest BCUT2D eigenvalue weighted by Crippen LogP contribution is -2.11. The largest absolute Gasteiger partial charge is 0.461 e. The summed E-state index contributed by atoms with van der Waals surface area (Å²) in [7, 11) is 0.0295. The van der Waals surface area contributed by atoms with Crippen molar-refractivity contribution in [1.29, 1.82) is 0 Å². The molecule has 0 radical (unpaired) electrons. The molecule has 3 heteroatoms. The van der Waals surface area contributed by atoms with Gasteiger partial charge in [-0.1, -0.05) is 38.3 Å². The molecule has 0 aromatic heterocycles. The van der Waals surface area contributed by atoms with E-state index in [1.807, 2.05) is 0 Å². The first-order valence-corrected chi connectivity index (χ1v) is 5.81. The molecule has 0 saturated carbocycles. The zero-order valence-corrected chi connectivity index (χ0v) is 9.21. The normalized spacial score (nSPS) is 17.1. The first-order chi connectivity index (χ1) is 6.93. The molecule has 1 aliphatic heterocycles. The summed E-state index contributed by atoms with van der Waals surface area (Å²) in [4.78, 5) is 0. The molecule has 0 bridgehead atoms. The Hall–Kier alpha value is -0.275. The van der Waals surface area contributed by atoms with Crippen molar-refractivity contribution in [3.8, 4) is 0 Å². The lowest BCUT2D eigenvalue weighted by atomic mass is 9.85. The van der Waals surface area contributed by atoms with E-state index in [4.69, 9.17) is 9.31 Å². The number of allylic oxidation sites excluding steroid dienone is 2. The second kappa shape index (κ2) is 8.07. The van der Waals surface area contributed by atoms with Gasteiger partial charge in [-0.25, -0.2) is 0 Å². The fourth-order valence-electron chi connectivity index (χ4n) is 1.56. The summed E-state index contributed by atoms with van der Waals surface area (Å²) in [6, 6.07) is 0. The SMILES string of the molecule is CCCCCC/C=C/CB1OCCO1. The molecule has 1 saturated heterocycles. The standard InChI is InChI=1S/C11H21BO2/c1-2-3-4-5-6-7-8-9-12-13-10-11-14-12/h7-8H,2-6,9-11H2,1H3/b8-7+. The Kier molecular flexibility index (Phi) is 6.80. The van der Waals surface area contributed by atoms with Crippen LogP contribution in [-0.2, 0) is 9.31 Å². The molecule has 0 atom stereocenters. The third kappa shape index (κ3) is 5.45. The lowest BCUT2D eigenvalue weighted by Gasteiger charge is -1.98. The second-order valence-corrected chi connectivity index (χ2v) is 3.73. The predicted octanol–water partition coefficient (Wildman–Crippen LogP) is 3.05. The third-order valence-corrected chi connectivity index (χ3v) is 2.41. The maximum absolute atomic E-state index is 5.32. The molecular weight excluding hydrogens is 175 g/mol. The molecular formula is C11H21BO2. The van der Waals surface area contributed by atoms with E-state index < -0.39 is 0 Å². The van der Waals surface area contributed by atoms with Gasteiger partial charge in [-0.2, -0.15) is 0 Å². The van der Waals surface area contributed by atoms with Crippen molar-refractivity contribution in [2.75, 3.05) is 13.2 Å². The fraction of sp³-hybridized carbons (Fsp3) is 0.818. The van der Waals surface area contributed by atoms with Crippen molar-refractivity contribution in [2.45, 2.75) is 45.3 Å². The van der Waals surface area contributed by atoms with E-state index in [0.717, 1.165) is 19.5 Å². The summed E-state index contributed by atoms with van der Waals surface area (Å²) in [5.74, 6) is 0. The molecule has 14 heavy (non-hydrogen) atoms. The summed E-state index contributed by atoms with van der Waals surface area (Å²) in [5.41, 5.74) is 0. The van der Waals surface area contributed by atoms with Crippen molar-refractivity contribution in [2.24, 2.45) is 0 Å². The maximum atomic E-state index is 5.32. The molecule has 1 heterocycles. The number of hydrogen-bond acceptors (Lipinski definition) is 2. The highest BCUT2D eigenvalue weighted by atomic mass is 16.6. The van der Waals surface area contributed by atoms with Gasteiger partial charge < -0.3 is 9.31 Å². The average molecular weight is 196 g/mol. The van der Waals surface area contributed by atoms with Crippen LogP contribution in [-0.4, -0.2) is 20.3 Å². The average Bonchev–Trinajstić information content (AvgIpc) is 2.69. The molecule has 2 nitrogen and oxygen atoms in total. The Morgan fingerprint density at radius 3 is 2.57 bits per heavy atom. The van der Waals surface area contributed by atoms with E-state index in [2.05, 4.69) is 19.1 Å². The molecule has 1 rings (SSSR count). The molecule has 1 fully saturated rings. The predicted molar refractivity (Wildman–Crippen MR) is 60.4 cm³/mol. The van der Waals surface area contributed by atoms with Gasteiger partial charge in [0.15, 0.2) is 0 Å². The Morgan fingerprint density at radius 2 is 1.86 bits per heavy atom. The molecule has 0 amide bonds. The van der Waals surface area contributed by atoms with Gasteiger partial charge >= 0.3 is 7.12 Å². The van der Waals surface area contributed by atoms with Gasteiger partial charge in [0.2, 0.25) is 0 Å². The first kappa shape index (κ1) is 11.8. The first-order valence-electron chi connectivity index (χ1n) is 5.81. The van der Waals surface area contributed by atoms with E-state index in [0.29, 0.717) is 0 Å². The summed E-state index contributed by atoms with van der Waals surface area (Å²) in [6.07, 6.45) is 11.9. The zero-order chi connectivity index (χ0) is 10.1. The molecule has 0 aromatic carbocycles. The van der Waals surface area contributed by atoms with Crippen LogP contribution in [0, 0.1) is 0 Å². The topological polar surface area (TPSA) is 18.5 Å². The molecule has 0 N–H and O–H groups in total. The summed E-state index contributed by atoms with van der Waals surface area (Å²) in [6.45, 7) is 3.76. The van der Waals surface area contributed by atoms with Crippen LogP contribution in [0.5, 0.6) is 0 Å². The molecule has 80 valence electrons. The van der Waals surface area contributed by atoms with E-state index in [1.165, 1.54) is 32.1 Å². The van der Waals surface area contributed by atoms with Gasteiger partial charge in [0.1, 0.15) is 0 Å². The minimum Gasteiger partial charge on any atom is -0.409 e. The molecule has 0 unspecified atom stereocenters. The van der Waals surface area contributed by atoms with Crippen molar-refractivity contribution in [3.63, 3.8) is 0 Å². The molecule has 0 spiro atoms. The van der Waals surface area contributed by atoms with Crippen molar-refractivity contribution >= 4 is 7.12 Å². The van der Waals surface area contributed by atoms with Crippen LogP contribution >= 0.6 is 0 Å². The minimum absolute atomic E-state index is 0.0295. The Labute approximate surface area is 87.8 Å². The van der Waals surface area contributed by atoms with Gasteiger partial charge in [0.25, 0.3) is 0 Å². The highest BCUT2D eigenvalue weighted by molar-refractivity contribution is 6.45. The van der Waals surface area contributed by atoms with Crippen LogP contribution in [0.1, 0.15) is 39.0 Å². The van der Waals surface area contributed by atoms with Crippen LogP contribution in [0.15, 0.2) is 12.2 Å². The second-order valence-electron chi connectivity index (χ2n) is 3.73. The van der Waals surface area contributed by atoms with Crippen molar-refractivity contribution < 1.29 is 9.31 Å². The van der Waals surface area contributed by atoms with Gasteiger partial charge in [-0.3, -0.25) is 0 Å². The van der Waals surface area contributed by atoms with Gasteiger partial charge in [0.05, 0.1) is 13.2 Å². The van der Waals surface area contributed by atoms with Crippen LogP contribution in [0.2, 0.25) is 6.32 Å².